The lowest BCUT2D eigenvalue weighted by Gasteiger charge is -2.10. The van der Waals surface area contributed by atoms with Gasteiger partial charge in [0.15, 0.2) is 0 Å². The van der Waals surface area contributed by atoms with Gasteiger partial charge in [-0.25, -0.2) is 0 Å². The molecule has 0 spiro atoms. The van der Waals surface area contributed by atoms with Crippen LogP contribution in [0.4, 0.5) is 0 Å². The molecule has 1 heteroatoms. The van der Waals surface area contributed by atoms with Gasteiger partial charge in [0, 0.05) is 0 Å². The molecule has 0 aliphatic rings. The molecule has 0 fully saturated rings. The zero-order valence-electron chi connectivity index (χ0n) is 11.9. The third-order valence-corrected chi connectivity index (χ3v) is 3.90. The number of hydrogen-bond donors (Lipinski definition) is 0. The second kappa shape index (κ2) is 6.24. The molecule has 0 heterocycles. The molecule has 0 bridgehead atoms. The van der Waals surface area contributed by atoms with Crippen molar-refractivity contribution in [3.05, 3.63) is 83.9 Å². The molecule has 3 aromatic rings. The van der Waals surface area contributed by atoms with Crippen LogP contribution in [0.1, 0.15) is 23.5 Å². The Bertz CT molecular complexity index is 768. The first-order chi connectivity index (χ1) is 10.4. The largest absolute Gasteiger partial charge is 0.198 e. The fourth-order valence-corrected chi connectivity index (χ4v) is 2.69. The summed E-state index contributed by atoms with van der Waals surface area (Å²) in [7, 11) is 0. The van der Waals surface area contributed by atoms with E-state index < -0.39 is 0 Å². The van der Waals surface area contributed by atoms with Gasteiger partial charge < -0.3 is 0 Å². The fourth-order valence-electron chi connectivity index (χ4n) is 2.69. The predicted octanol–water partition coefficient (Wildman–Crippen LogP) is 5.08. The van der Waals surface area contributed by atoms with Crippen LogP contribution in [-0.4, -0.2) is 0 Å². The van der Waals surface area contributed by atoms with E-state index >= 15 is 0 Å². The molecular formula is C20H17N. The second-order valence-electron chi connectivity index (χ2n) is 5.31. The van der Waals surface area contributed by atoms with E-state index in [9.17, 15) is 5.26 Å². The van der Waals surface area contributed by atoms with E-state index in [4.69, 9.17) is 0 Å². The highest BCUT2D eigenvalue weighted by atomic mass is 14.3. The highest BCUT2D eigenvalue weighted by molar-refractivity contribution is 5.83. The van der Waals surface area contributed by atoms with Crippen LogP contribution in [-0.2, 0) is 6.42 Å². The zero-order chi connectivity index (χ0) is 14.5. The summed E-state index contributed by atoms with van der Waals surface area (Å²) in [5, 5.41) is 11.9. The smallest absolute Gasteiger partial charge is 0.0716 e. The number of nitrogens with zero attached hydrogens (tertiary/aromatic N) is 1. The van der Waals surface area contributed by atoms with Crippen molar-refractivity contribution in [3.8, 4) is 6.07 Å². The minimum Gasteiger partial charge on any atom is -0.198 e. The Morgan fingerprint density at radius 1 is 0.810 bits per heavy atom. The van der Waals surface area contributed by atoms with Gasteiger partial charge in [0.2, 0.25) is 0 Å². The molecule has 0 saturated heterocycles. The van der Waals surface area contributed by atoms with Gasteiger partial charge in [0.25, 0.3) is 0 Å². The molecule has 3 aromatic carbocycles. The van der Waals surface area contributed by atoms with E-state index in [0.29, 0.717) is 0 Å². The normalized spacial score (nSPS) is 12.0. The maximum atomic E-state index is 9.48. The summed E-state index contributed by atoms with van der Waals surface area (Å²) in [6, 6.07) is 27.4. The number of nitriles is 1. The Labute approximate surface area is 125 Å². The van der Waals surface area contributed by atoms with Gasteiger partial charge in [-0.05, 0) is 40.8 Å². The molecule has 1 atom stereocenters. The topological polar surface area (TPSA) is 23.8 Å². The summed E-state index contributed by atoms with van der Waals surface area (Å²) in [5.74, 6) is -0.0465. The van der Waals surface area contributed by atoms with E-state index in [0.717, 1.165) is 18.4 Å². The lowest BCUT2D eigenvalue weighted by Crippen LogP contribution is -1.98. The van der Waals surface area contributed by atoms with Crippen LogP contribution in [0, 0.1) is 11.3 Å². The van der Waals surface area contributed by atoms with E-state index in [2.05, 4.69) is 48.5 Å². The molecule has 0 aliphatic carbocycles. The van der Waals surface area contributed by atoms with Gasteiger partial charge in [-0.1, -0.05) is 66.7 Å². The van der Waals surface area contributed by atoms with Crippen LogP contribution < -0.4 is 0 Å². The van der Waals surface area contributed by atoms with Gasteiger partial charge in [0.05, 0.1) is 12.0 Å². The van der Waals surface area contributed by atoms with Crippen LogP contribution in [0.25, 0.3) is 10.8 Å². The molecule has 21 heavy (non-hydrogen) atoms. The van der Waals surface area contributed by atoms with Gasteiger partial charge in [-0.15, -0.1) is 0 Å². The molecule has 0 aliphatic heterocycles. The fraction of sp³-hybridized carbons (Fsp3) is 0.150. The Morgan fingerprint density at radius 3 is 2.29 bits per heavy atom. The Hall–Kier alpha value is -2.59. The summed E-state index contributed by atoms with van der Waals surface area (Å²) in [5.41, 5.74) is 2.41. The lowest BCUT2D eigenvalue weighted by molar-refractivity contribution is 0.747. The second-order valence-corrected chi connectivity index (χ2v) is 5.31. The minimum atomic E-state index is -0.0465. The van der Waals surface area contributed by atoms with E-state index in [1.807, 2.05) is 30.3 Å². The third kappa shape index (κ3) is 3.12. The molecule has 0 N–H and O–H groups in total. The van der Waals surface area contributed by atoms with Crippen LogP contribution in [0.3, 0.4) is 0 Å². The minimum absolute atomic E-state index is 0.0465. The third-order valence-electron chi connectivity index (χ3n) is 3.90. The first-order valence-corrected chi connectivity index (χ1v) is 7.29. The lowest BCUT2D eigenvalue weighted by atomic mass is 9.92. The van der Waals surface area contributed by atoms with Crippen molar-refractivity contribution in [2.75, 3.05) is 0 Å². The first kappa shape index (κ1) is 13.4. The quantitative estimate of drug-likeness (QED) is 0.649. The van der Waals surface area contributed by atoms with Gasteiger partial charge in [-0.3, -0.25) is 0 Å². The number of hydrogen-bond acceptors (Lipinski definition) is 1. The molecule has 0 aromatic heterocycles. The number of benzene rings is 3. The van der Waals surface area contributed by atoms with E-state index in [1.54, 1.807) is 0 Å². The van der Waals surface area contributed by atoms with Crippen molar-refractivity contribution in [2.24, 2.45) is 0 Å². The van der Waals surface area contributed by atoms with Crippen molar-refractivity contribution < 1.29 is 0 Å². The van der Waals surface area contributed by atoms with Gasteiger partial charge in [0.1, 0.15) is 0 Å². The Balaban J connectivity index is 1.80. The summed E-state index contributed by atoms with van der Waals surface area (Å²) in [6.07, 6.45) is 1.80. The predicted molar refractivity (Wildman–Crippen MR) is 87.1 cm³/mol. The molecular weight excluding hydrogens is 254 g/mol. The summed E-state index contributed by atoms with van der Waals surface area (Å²) < 4.78 is 0. The van der Waals surface area contributed by atoms with Crippen molar-refractivity contribution in [2.45, 2.75) is 18.8 Å². The summed E-state index contributed by atoms with van der Waals surface area (Å²) >= 11 is 0. The molecule has 0 radical (unpaired) electrons. The van der Waals surface area contributed by atoms with Crippen LogP contribution in [0.5, 0.6) is 0 Å². The average molecular weight is 271 g/mol. The monoisotopic (exact) mass is 271 g/mol. The highest BCUT2D eigenvalue weighted by Gasteiger charge is 2.11. The molecule has 3 rings (SSSR count). The van der Waals surface area contributed by atoms with Gasteiger partial charge in [-0.2, -0.15) is 5.26 Å². The molecule has 0 amide bonds. The van der Waals surface area contributed by atoms with Crippen LogP contribution in [0.2, 0.25) is 0 Å². The van der Waals surface area contributed by atoms with Crippen LogP contribution >= 0.6 is 0 Å². The molecule has 102 valence electrons. The maximum Gasteiger partial charge on any atom is 0.0716 e. The highest BCUT2D eigenvalue weighted by Crippen LogP contribution is 2.25. The van der Waals surface area contributed by atoms with Crippen molar-refractivity contribution in [3.63, 3.8) is 0 Å². The molecule has 0 unspecified atom stereocenters. The standard InChI is InChI=1S/C20H17N/c21-15-20(11-10-16-6-2-1-3-7-16)19-13-12-17-8-4-5-9-18(17)14-19/h1-9,12-14,20H,10-11H2/t20-/m0/s1. The van der Waals surface area contributed by atoms with E-state index in [-0.39, 0.29) is 5.92 Å². The number of aryl methyl sites for hydroxylation is 1. The Morgan fingerprint density at radius 2 is 1.52 bits per heavy atom. The zero-order valence-corrected chi connectivity index (χ0v) is 11.9. The molecule has 1 nitrogen and oxygen atoms in total. The number of rotatable bonds is 4. The van der Waals surface area contributed by atoms with Crippen molar-refractivity contribution in [1.82, 2.24) is 0 Å². The van der Waals surface area contributed by atoms with E-state index in [1.165, 1.54) is 16.3 Å². The van der Waals surface area contributed by atoms with Crippen molar-refractivity contribution in [1.29, 1.82) is 5.26 Å². The number of fused-ring (bicyclic) bond motifs is 1. The summed E-state index contributed by atoms with van der Waals surface area (Å²) in [6.45, 7) is 0. The van der Waals surface area contributed by atoms with Gasteiger partial charge >= 0.3 is 0 Å². The first-order valence-electron chi connectivity index (χ1n) is 7.29. The molecule has 0 saturated carbocycles. The SMILES string of the molecule is N#C[C@H](CCc1ccccc1)c1ccc2ccccc2c1. The average Bonchev–Trinajstić information content (AvgIpc) is 2.56. The van der Waals surface area contributed by atoms with Crippen LogP contribution in [0.15, 0.2) is 72.8 Å². The Kier molecular flexibility index (Phi) is 3.98. The van der Waals surface area contributed by atoms with Crippen molar-refractivity contribution >= 4 is 10.8 Å². The maximum absolute atomic E-state index is 9.48. The summed E-state index contributed by atoms with van der Waals surface area (Å²) in [4.78, 5) is 0.